The first kappa shape index (κ1) is 19.1. The highest BCUT2D eigenvalue weighted by atomic mass is 32.2. The van der Waals surface area contributed by atoms with Crippen molar-refractivity contribution >= 4 is 39.6 Å². The van der Waals surface area contributed by atoms with Crippen molar-refractivity contribution in [1.82, 2.24) is 20.3 Å². The number of para-hydroxylation sites is 3. The quantitative estimate of drug-likeness (QED) is 0.434. The van der Waals surface area contributed by atoms with Crippen LogP contribution in [0.5, 0.6) is 0 Å². The Morgan fingerprint density at radius 1 is 1.13 bits per heavy atom. The van der Waals surface area contributed by atoms with E-state index < -0.39 is 0 Å². The van der Waals surface area contributed by atoms with Crippen molar-refractivity contribution in [3.63, 3.8) is 0 Å². The van der Waals surface area contributed by atoms with Gasteiger partial charge in [-0.15, -0.1) is 0 Å². The summed E-state index contributed by atoms with van der Waals surface area (Å²) in [7, 11) is 0. The maximum atomic E-state index is 13.4. The minimum atomic E-state index is -0.173. The van der Waals surface area contributed by atoms with E-state index in [1.54, 1.807) is 11.8 Å². The van der Waals surface area contributed by atoms with Gasteiger partial charge in [-0.3, -0.25) is 9.78 Å². The molecule has 152 valence electrons. The topological polar surface area (TPSA) is 70.7 Å². The summed E-state index contributed by atoms with van der Waals surface area (Å²) in [6.07, 6.45) is 5.20. The fraction of sp³-hybridized carbons (Fsp3) is 0.292. The van der Waals surface area contributed by atoms with E-state index in [9.17, 15) is 4.79 Å². The van der Waals surface area contributed by atoms with Gasteiger partial charge < -0.3 is 10.3 Å². The minimum absolute atomic E-state index is 0.0675. The summed E-state index contributed by atoms with van der Waals surface area (Å²) < 4.78 is 0. The number of aromatic amines is 1. The normalized spacial score (nSPS) is 14.8. The van der Waals surface area contributed by atoms with Crippen LogP contribution < -0.4 is 5.32 Å². The molecule has 6 heteroatoms. The second kappa shape index (κ2) is 8.11. The Kier molecular flexibility index (Phi) is 5.17. The molecule has 0 radical (unpaired) electrons. The Bertz CT molecular complexity index is 1180. The van der Waals surface area contributed by atoms with Crippen LogP contribution in [0.4, 0.5) is 0 Å². The molecule has 0 bridgehead atoms. The van der Waals surface area contributed by atoms with Crippen LogP contribution in [0.2, 0.25) is 0 Å². The van der Waals surface area contributed by atoms with E-state index >= 15 is 0 Å². The number of imidazole rings is 1. The number of fused-ring (bicyclic) bond motifs is 2. The Morgan fingerprint density at radius 2 is 1.90 bits per heavy atom. The van der Waals surface area contributed by atoms with Crippen molar-refractivity contribution in [3.8, 4) is 0 Å². The third kappa shape index (κ3) is 3.79. The Hall–Kier alpha value is -2.86. The van der Waals surface area contributed by atoms with E-state index in [1.807, 2.05) is 54.6 Å². The van der Waals surface area contributed by atoms with Gasteiger partial charge in [0.05, 0.1) is 28.2 Å². The van der Waals surface area contributed by atoms with Gasteiger partial charge in [-0.1, -0.05) is 30.3 Å². The van der Waals surface area contributed by atoms with Gasteiger partial charge in [0.2, 0.25) is 0 Å². The van der Waals surface area contributed by atoms with Crippen molar-refractivity contribution in [2.24, 2.45) is 0 Å². The van der Waals surface area contributed by atoms with Crippen LogP contribution in [-0.2, 0) is 0 Å². The number of H-pyrrole nitrogens is 1. The van der Waals surface area contributed by atoms with Crippen LogP contribution >= 0.6 is 11.8 Å². The number of aromatic nitrogens is 3. The van der Waals surface area contributed by atoms with Gasteiger partial charge in [-0.25, -0.2) is 4.98 Å². The molecule has 1 saturated carbocycles. The summed E-state index contributed by atoms with van der Waals surface area (Å²) in [5.41, 5.74) is 4.52. The van der Waals surface area contributed by atoms with Crippen LogP contribution in [-0.4, -0.2) is 32.9 Å². The van der Waals surface area contributed by atoms with Gasteiger partial charge in [0.15, 0.2) is 0 Å². The van der Waals surface area contributed by atoms with Crippen molar-refractivity contribution in [2.75, 3.05) is 12.0 Å². The highest BCUT2D eigenvalue weighted by Gasteiger charge is 2.27. The number of pyridine rings is 1. The van der Waals surface area contributed by atoms with Crippen molar-refractivity contribution in [2.45, 2.75) is 31.2 Å². The number of rotatable bonds is 7. The summed E-state index contributed by atoms with van der Waals surface area (Å²) in [5.74, 6) is 2.16. The molecule has 5 nitrogen and oxygen atoms in total. The second-order valence-corrected chi connectivity index (χ2v) is 8.82. The van der Waals surface area contributed by atoms with E-state index in [1.165, 1.54) is 0 Å². The van der Waals surface area contributed by atoms with Crippen molar-refractivity contribution in [3.05, 3.63) is 71.7 Å². The molecule has 30 heavy (non-hydrogen) atoms. The molecule has 1 amide bonds. The number of thioether (sulfide) groups is 1. The Labute approximate surface area is 179 Å². The first-order valence-electron chi connectivity index (χ1n) is 10.4. The molecular formula is C24H24N4OS. The predicted molar refractivity (Wildman–Crippen MR) is 123 cm³/mol. The van der Waals surface area contributed by atoms with Crippen LogP contribution in [0.25, 0.3) is 21.9 Å². The summed E-state index contributed by atoms with van der Waals surface area (Å²) in [6, 6.07) is 17.7. The second-order valence-electron chi connectivity index (χ2n) is 7.83. The van der Waals surface area contributed by atoms with E-state index in [-0.39, 0.29) is 11.9 Å². The Morgan fingerprint density at radius 3 is 2.67 bits per heavy atom. The predicted octanol–water partition coefficient (Wildman–Crippen LogP) is 5.21. The van der Waals surface area contributed by atoms with Gasteiger partial charge in [-0.2, -0.15) is 11.8 Å². The molecule has 0 aliphatic heterocycles. The van der Waals surface area contributed by atoms with E-state index in [2.05, 4.69) is 16.6 Å². The number of hydrogen-bond donors (Lipinski definition) is 2. The van der Waals surface area contributed by atoms with Crippen molar-refractivity contribution in [1.29, 1.82) is 0 Å². The van der Waals surface area contributed by atoms with Gasteiger partial charge in [0.25, 0.3) is 5.91 Å². The number of nitrogens with zero attached hydrogens (tertiary/aromatic N) is 2. The summed E-state index contributed by atoms with van der Waals surface area (Å²) in [4.78, 5) is 26.4. The lowest BCUT2D eigenvalue weighted by Crippen LogP contribution is -2.30. The lowest BCUT2D eigenvalue weighted by molar-refractivity contribution is 0.0935. The van der Waals surface area contributed by atoms with Gasteiger partial charge in [0, 0.05) is 17.0 Å². The molecule has 2 aromatic carbocycles. The molecule has 2 N–H and O–H groups in total. The summed E-state index contributed by atoms with van der Waals surface area (Å²) in [5, 5.41) is 4.15. The molecule has 1 unspecified atom stereocenters. The fourth-order valence-electron chi connectivity index (χ4n) is 3.86. The molecule has 1 aliphatic rings. The standard InChI is InChI=1S/C24H24N4OS/c1-30-13-12-21(23-26-19-8-4-5-9-20(19)27-23)28-24(29)17-14-22(15-10-11-15)25-18-7-3-2-6-16(17)18/h2-9,14-15,21H,10-13H2,1H3,(H,26,27)(H,28,29). The molecule has 5 rings (SSSR count). The van der Waals surface area contributed by atoms with Crippen LogP contribution in [0, 0.1) is 0 Å². The van der Waals surface area contributed by atoms with E-state index in [4.69, 9.17) is 9.97 Å². The number of carbonyl (C=O) groups excluding carboxylic acids is 1. The molecule has 1 atom stereocenters. The number of carbonyl (C=O) groups is 1. The smallest absolute Gasteiger partial charge is 0.252 e. The molecule has 4 aromatic rings. The number of amides is 1. The highest BCUT2D eigenvalue weighted by Crippen LogP contribution is 2.40. The van der Waals surface area contributed by atoms with Crippen LogP contribution in [0.15, 0.2) is 54.6 Å². The fourth-order valence-corrected chi connectivity index (χ4v) is 4.33. The third-order valence-corrected chi connectivity index (χ3v) is 6.27. The van der Waals surface area contributed by atoms with Gasteiger partial charge in [0.1, 0.15) is 5.82 Å². The molecule has 0 saturated heterocycles. The minimum Gasteiger partial charge on any atom is -0.342 e. The summed E-state index contributed by atoms with van der Waals surface area (Å²) >= 11 is 1.77. The van der Waals surface area contributed by atoms with E-state index in [0.717, 1.165) is 58.5 Å². The van der Waals surface area contributed by atoms with E-state index in [0.29, 0.717) is 11.5 Å². The maximum absolute atomic E-state index is 13.4. The molecule has 1 fully saturated rings. The third-order valence-electron chi connectivity index (χ3n) is 5.63. The summed E-state index contributed by atoms with van der Waals surface area (Å²) in [6.45, 7) is 0. The lowest BCUT2D eigenvalue weighted by atomic mass is 10.0. The van der Waals surface area contributed by atoms with Gasteiger partial charge in [-0.05, 0) is 55.5 Å². The first-order chi connectivity index (χ1) is 14.7. The highest BCUT2D eigenvalue weighted by molar-refractivity contribution is 7.98. The van der Waals surface area contributed by atoms with Crippen molar-refractivity contribution < 1.29 is 4.79 Å². The maximum Gasteiger partial charge on any atom is 0.252 e. The monoisotopic (exact) mass is 416 g/mol. The number of nitrogens with one attached hydrogen (secondary N) is 2. The molecule has 2 aromatic heterocycles. The van der Waals surface area contributed by atoms with Gasteiger partial charge >= 0.3 is 0 Å². The first-order valence-corrected chi connectivity index (χ1v) is 11.8. The lowest BCUT2D eigenvalue weighted by Gasteiger charge is -2.17. The average molecular weight is 417 g/mol. The Balaban J connectivity index is 1.49. The molecule has 1 aliphatic carbocycles. The van der Waals surface area contributed by atoms with Crippen LogP contribution in [0.3, 0.4) is 0 Å². The molecule has 2 heterocycles. The SMILES string of the molecule is CSCCC(NC(=O)c1cc(C2CC2)nc2ccccc12)c1nc2ccccc2[nH]1. The molecule has 0 spiro atoms. The largest absolute Gasteiger partial charge is 0.342 e. The zero-order valence-corrected chi connectivity index (χ0v) is 17.7. The number of benzene rings is 2. The number of hydrogen-bond acceptors (Lipinski definition) is 4. The zero-order valence-electron chi connectivity index (χ0n) is 16.9. The zero-order chi connectivity index (χ0) is 20.5. The molecular weight excluding hydrogens is 392 g/mol. The van der Waals surface area contributed by atoms with Crippen LogP contribution in [0.1, 0.15) is 53.1 Å². The average Bonchev–Trinajstić information content (AvgIpc) is 3.54.